The summed E-state index contributed by atoms with van der Waals surface area (Å²) >= 11 is 0. The van der Waals surface area contributed by atoms with E-state index in [1.807, 2.05) is 17.9 Å². The molecule has 3 rings (SSSR count). The predicted molar refractivity (Wildman–Crippen MR) is 84.6 cm³/mol. The van der Waals surface area contributed by atoms with Gasteiger partial charge in [0.15, 0.2) is 0 Å². The van der Waals surface area contributed by atoms with Crippen LogP contribution in [0, 0.1) is 5.92 Å². The molecule has 1 aliphatic carbocycles. The van der Waals surface area contributed by atoms with Crippen LogP contribution < -0.4 is 5.32 Å². The van der Waals surface area contributed by atoms with Crippen molar-refractivity contribution in [3.05, 3.63) is 12.4 Å². The Morgan fingerprint density at radius 3 is 2.82 bits per heavy atom. The number of β-amino-alcohol motifs (C(OH)–C–C–N with tert-alkyl or cyclic N) is 1. The average Bonchev–Trinajstić information content (AvgIpc) is 3.07. The Morgan fingerprint density at radius 1 is 1.36 bits per heavy atom. The van der Waals surface area contributed by atoms with E-state index < -0.39 is 6.10 Å². The summed E-state index contributed by atoms with van der Waals surface area (Å²) in [7, 11) is 1.97. The van der Waals surface area contributed by atoms with Crippen molar-refractivity contribution in [2.75, 3.05) is 25.5 Å². The van der Waals surface area contributed by atoms with Gasteiger partial charge in [0.25, 0.3) is 0 Å². The molecule has 1 saturated carbocycles. The summed E-state index contributed by atoms with van der Waals surface area (Å²) in [6.07, 6.45) is 9.82. The highest BCUT2D eigenvalue weighted by atomic mass is 16.3. The third kappa shape index (κ3) is 3.67. The number of hydrogen-bond acceptors (Lipinski definition) is 4. The SMILES string of the molecule is CN1C[C@@H](CC(=O)Nc2cnn(C3CCCCC3)c2)[C@H](O)C1. The fourth-order valence-corrected chi connectivity index (χ4v) is 3.66. The Hall–Kier alpha value is -1.40. The highest BCUT2D eigenvalue weighted by Crippen LogP contribution is 2.28. The van der Waals surface area contributed by atoms with E-state index in [9.17, 15) is 9.90 Å². The Kier molecular flexibility index (Phi) is 4.78. The van der Waals surface area contributed by atoms with Gasteiger partial charge in [-0.15, -0.1) is 0 Å². The third-order valence-corrected chi connectivity index (χ3v) is 4.87. The fourth-order valence-electron chi connectivity index (χ4n) is 3.66. The molecule has 1 aromatic heterocycles. The van der Waals surface area contributed by atoms with Crippen molar-refractivity contribution in [1.29, 1.82) is 0 Å². The molecule has 0 spiro atoms. The van der Waals surface area contributed by atoms with Gasteiger partial charge in [-0.05, 0) is 19.9 Å². The number of aromatic nitrogens is 2. The van der Waals surface area contributed by atoms with Crippen LogP contribution in [0.4, 0.5) is 5.69 Å². The smallest absolute Gasteiger partial charge is 0.224 e. The van der Waals surface area contributed by atoms with Crippen LogP contribution in [-0.4, -0.2) is 51.9 Å². The first-order chi connectivity index (χ1) is 10.6. The Balaban J connectivity index is 1.52. The van der Waals surface area contributed by atoms with Crippen LogP contribution in [0.25, 0.3) is 0 Å². The molecular weight excluding hydrogens is 280 g/mol. The monoisotopic (exact) mass is 306 g/mol. The molecule has 6 nitrogen and oxygen atoms in total. The summed E-state index contributed by atoms with van der Waals surface area (Å²) in [6.45, 7) is 1.42. The van der Waals surface area contributed by atoms with Gasteiger partial charge in [0, 0.05) is 31.6 Å². The van der Waals surface area contributed by atoms with E-state index in [-0.39, 0.29) is 11.8 Å². The lowest BCUT2D eigenvalue weighted by molar-refractivity contribution is -0.117. The highest BCUT2D eigenvalue weighted by molar-refractivity contribution is 5.90. The van der Waals surface area contributed by atoms with Crippen molar-refractivity contribution in [3.8, 4) is 0 Å². The summed E-state index contributed by atoms with van der Waals surface area (Å²) in [5, 5.41) is 17.2. The van der Waals surface area contributed by atoms with E-state index >= 15 is 0 Å². The van der Waals surface area contributed by atoms with Crippen LogP contribution >= 0.6 is 0 Å². The van der Waals surface area contributed by atoms with E-state index in [1.165, 1.54) is 32.1 Å². The second kappa shape index (κ2) is 6.79. The van der Waals surface area contributed by atoms with Gasteiger partial charge in [0.2, 0.25) is 5.91 Å². The third-order valence-electron chi connectivity index (χ3n) is 4.87. The lowest BCUT2D eigenvalue weighted by atomic mass is 9.96. The van der Waals surface area contributed by atoms with Crippen molar-refractivity contribution in [2.45, 2.75) is 50.7 Å². The minimum Gasteiger partial charge on any atom is -0.391 e. The molecule has 0 unspecified atom stereocenters. The molecule has 6 heteroatoms. The Morgan fingerprint density at radius 2 is 2.14 bits per heavy atom. The molecule has 0 aromatic carbocycles. The first-order valence-electron chi connectivity index (χ1n) is 8.32. The van der Waals surface area contributed by atoms with Crippen molar-refractivity contribution >= 4 is 11.6 Å². The van der Waals surface area contributed by atoms with E-state index in [0.717, 1.165) is 12.2 Å². The summed E-state index contributed by atoms with van der Waals surface area (Å²) in [4.78, 5) is 14.2. The fraction of sp³-hybridized carbons (Fsp3) is 0.750. The number of nitrogens with zero attached hydrogens (tertiary/aromatic N) is 3. The van der Waals surface area contributed by atoms with Crippen molar-refractivity contribution in [2.24, 2.45) is 5.92 Å². The standard InChI is InChI=1S/C16H26N4O2/c1-19-9-12(15(21)11-19)7-16(22)18-13-8-17-20(10-13)14-5-3-2-4-6-14/h8,10,12,14-15,21H,2-7,9,11H2,1H3,(H,18,22)/t12-,15-/m1/s1. The number of carbonyl (C=O) groups is 1. The number of amides is 1. The topological polar surface area (TPSA) is 70.4 Å². The molecule has 22 heavy (non-hydrogen) atoms. The van der Waals surface area contributed by atoms with Crippen LogP contribution in [-0.2, 0) is 4.79 Å². The number of nitrogens with one attached hydrogen (secondary N) is 1. The maximum Gasteiger partial charge on any atom is 0.224 e. The van der Waals surface area contributed by atoms with Gasteiger partial charge in [-0.1, -0.05) is 19.3 Å². The van der Waals surface area contributed by atoms with Gasteiger partial charge in [-0.2, -0.15) is 5.10 Å². The van der Waals surface area contributed by atoms with Crippen molar-refractivity contribution in [1.82, 2.24) is 14.7 Å². The molecule has 1 amide bonds. The lowest BCUT2D eigenvalue weighted by Crippen LogP contribution is -2.24. The second-order valence-electron chi connectivity index (χ2n) is 6.80. The highest BCUT2D eigenvalue weighted by Gasteiger charge is 2.30. The minimum atomic E-state index is -0.402. The number of hydrogen-bond donors (Lipinski definition) is 2. The normalized spacial score (nSPS) is 27.2. The predicted octanol–water partition coefficient (Wildman–Crippen LogP) is 1.64. The maximum atomic E-state index is 12.1. The molecule has 1 aromatic rings. The van der Waals surface area contributed by atoms with Gasteiger partial charge in [-0.3, -0.25) is 9.48 Å². The van der Waals surface area contributed by atoms with Crippen molar-refractivity contribution in [3.63, 3.8) is 0 Å². The quantitative estimate of drug-likeness (QED) is 0.887. The number of likely N-dealkylation sites (N-methyl/N-ethyl adjacent to an activating group) is 1. The van der Waals surface area contributed by atoms with Crippen LogP contribution in [0.5, 0.6) is 0 Å². The first-order valence-corrected chi connectivity index (χ1v) is 8.32. The second-order valence-corrected chi connectivity index (χ2v) is 6.80. The number of aliphatic hydroxyl groups excluding tert-OH is 1. The zero-order valence-corrected chi connectivity index (χ0v) is 13.2. The van der Waals surface area contributed by atoms with Crippen LogP contribution in [0.1, 0.15) is 44.6 Å². The van der Waals surface area contributed by atoms with E-state index in [2.05, 4.69) is 15.3 Å². The number of aliphatic hydroxyl groups is 1. The molecule has 1 saturated heterocycles. The van der Waals surface area contributed by atoms with Gasteiger partial charge in [-0.25, -0.2) is 0 Å². The zero-order valence-electron chi connectivity index (χ0n) is 13.2. The van der Waals surface area contributed by atoms with Crippen LogP contribution in [0.3, 0.4) is 0 Å². The molecule has 2 N–H and O–H groups in total. The lowest BCUT2D eigenvalue weighted by Gasteiger charge is -2.21. The molecule has 2 atom stereocenters. The number of carbonyl (C=O) groups excluding carboxylic acids is 1. The molecule has 2 heterocycles. The molecule has 2 fully saturated rings. The van der Waals surface area contributed by atoms with E-state index in [1.54, 1.807) is 6.20 Å². The van der Waals surface area contributed by atoms with E-state index in [0.29, 0.717) is 19.0 Å². The Labute approximate surface area is 131 Å². The Bertz CT molecular complexity index is 510. The summed E-state index contributed by atoms with van der Waals surface area (Å²) < 4.78 is 1.99. The molecule has 122 valence electrons. The van der Waals surface area contributed by atoms with Crippen molar-refractivity contribution < 1.29 is 9.90 Å². The number of anilines is 1. The summed E-state index contributed by atoms with van der Waals surface area (Å²) in [5.74, 6) is -0.0130. The summed E-state index contributed by atoms with van der Waals surface area (Å²) in [5.41, 5.74) is 0.761. The average molecular weight is 306 g/mol. The minimum absolute atomic E-state index is 0.0263. The van der Waals surface area contributed by atoms with Gasteiger partial charge < -0.3 is 15.3 Å². The molecule has 1 aliphatic heterocycles. The number of likely N-dealkylation sites (tertiary alicyclic amines) is 1. The molecule has 0 bridgehead atoms. The molecule has 2 aliphatic rings. The largest absolute Gasteiger partial charge is 0.391 e. The van der Waals surface area contributed by atoms with Gasteiger partial charge in [0.1, 0.15) is 0 Å². The molecule has 0 radical (unpaired) electrons. The van der Waals surface area contributed by atoms with Gasteiger partial charge >= 0.3 is 0 Å². The first kappa shape index (κ1) is 15.5. The van der Waals surface area contributed by atoms with E-state index in [4.69, 9.17) is 0 Å². The summed E-state index contributed by atoms with van der Waals surface area (Å²) in [6, 6.07) is 0.477. The van der Waals surface area contributed by atoms with Crippen LogP contribution in [0.15, 0.2) is 12.4 Å². The maximum absolute atomic E-state index is 12.1. The van der Waals surface area contributed by atoms with Gasteiger partial charge in [0.05, 0.1) is 24.0 Å². The van der Waals surface area contributed by atoms with Crippen LogP contribution in [0.2, 0.25) is 0 Å². The molecular formula is C16H26N4O2. The zero-order chi connectivity index (χ0) is 15.5. The number of rotatable bonds is 4.